The molecule has 53 heavy (non-hydrogen) atoms. The van der Waals surface area contributed by atoms with Crippen molar-refractivity contribution in [2.45, 2.75) is 62.7 Å². The van der Waals surface area contributed by atoms with Crippen molar-refractivity contribution in [2.75, 3.05) is 11.5 Å². The molecular formula is C40H40BrFN6O4Si. The first kappa shape index (κ1) is 35.3. The van der Waals surface area contributed by atoms with Gasteiger partial charge in [-0.15, -0.1) is 5.10 Å². The van der Waals surface area contributed by atoms with E-state index in [1.807, 2.05) is 104 Å². The van der Waals surface area contributed by atoms with E-state index in [9.17, 15) is 14.7 Å². The fourth-order valence-corrected chi connectivity index (χ4v) is 11.4. The summed E-state index contributed by atoms with van der Waals surface area (Å²) in [6, 6.07) is 30.4. The van der Waals surface area contributed by atoms with Crippen LogP contribution in [0.15, 0.2) is 113 Å². The fraction of sp³-hybridized carbons (Fsp3) is 0.300. The zero-order valence-electron chi connectivity index (χ0n) is 29.6. The van der Waals surface area contributed by atoms with Gasteiger partial charge in [0.15, 0.2) is 5.60 Å². The van der Waals surface area contributed by atoms with E-state index in [0.29, 0.717) is 29.7 Å². The van der Waals surface area contributed by atoms with E-state index in [1.54, 1.807) is 28.7 Å². The van der Waals surface area contributed by atoms with E-state index < -0.39 is 31.6 Å². The van der Waals surface area contributed by atoms with Crippen LogP contribution in [0, 0.1) is 5.92 Å². The van der Waals surface area contributed by atoms with Crippen LogP contribution in [0.3, 0.4) is 0 Å². The van der Waals surface area contributed by atoms with Crippen LogP contribution in [0.2, 0.25) is 18.6 Å². The molecule has 272 valence electrons. The van der Waals surface area contributed by atoms with E-state index in [2.05, 4.69) is 31.3 Å². The van der Waals surface area contributed by atoms with Crippen molar-refractivity contribution in [1.29, 1.82) is 0 Å². The summed E-state index contributed by atoms with van der Waals surface area (Å²) in [5, 5.41) is 22.6. The topological polar surface area (TPSA) is 118 Å². The Morgan fingerprint density at radius 2 is 1.75 bits per heavy atom. The van der Waals surface area contributed by atoms with Crippen LogP contribution in [-0.2, 0) is 28.2 Å². The number of aromatic nitrogens is 5. The van der Waals surface area contributed by atoms with Gasteiger partial charge in [-0.1, -0.05) is 82.7 Å². The summed E-state index contributed by atoms with van der Waals surface area (Å²) >= 11 is 3.62. The number of aliphatic hydroxyl groups is 1. The normalized spacial score (nSPS) is 21.9. The Bertz CT molecular complexity index is 2360. The van der Waals surface area contributed by atoms with Crippen molar-refractivity contribution in [3.63, 3.8) is 0 Å². The summed E-state index contributed by atoms with van der Waals surface area (Å²) in [5.41, 5.74) is 3.39. The van der Waals surface area contributed by atoms with Crippen LogP contribution in [0.4, 0.5) is 9.80 Å². The molecule has 10 nitrogen and oxygen atoms in total. The molecule has 1 unspecified atom stereocenters. The summed E-state index contributed by atoms with van der Waals surface area (Å²) in [4.78, 5) is 29.6. The standard InChI is InChI=1S/C40H40BrFN6O4Si/c1-25-37(53(2,3)42)36(19-20-46-23-34(43-45-46)31(24-49)27-9-5-4-6-10-27)52-40(25)32-21-28(41)15-18-35(32)47(39(40)51)22-26-13-16-29(17-14-26)48-38(50)30-11-7-8-12-33(30)44-48/h4-18,21,23,25,31,36-37,44,49H,19-20,22,24H2,1-3H3/t25-,31?,36+,37-,40+/m0/s1. The molecule has 6 aromatic rings. The number of rotatable bonds is 10. The highest BCUT2D eigenvalue weighted by Gasteiger charge is 2.66. The average Bonchev–Trinajstić information content (AvgIpc) is 3.89. The third-order valence-corrected chi connectivity index (χ3v) is 13.9. The number of nitrogens with zero attached hydrogens (tertiary/aromatic N) is 5. The van der Waals surface area contributed by atoms with E-state index in [0.717, 1.165) is 32.4 Å². The number of aliphatic hydroxyl groups excluding tert-OH is 1. The molecule has 1 saturated heterocycles. The van der Waals surface area contributed by atoms with Gasteiger partial charge in [0.25, 0.3) is 11.5 Å². The number of nitrogens with one attached hydrogen (secondary N) is 1. The largest absolute Gasteiger partial charge is 0.395 e. The lowest BCUT2D eigenvalue weighted by molar-refractivity contribution is -0.146. The van der Waals surface area contributed by atoms with Crippen LogP contribution in [-0.4, -0.2) is 56.9 Å². The molecule has 1 fully saturated rings. The molecule has 0 saturated carbocycles. The number of carbonyl (C=O) groups excluding carboxylic acids is 1. The zero-order chi connectivity index (χ0) is 37.1. The van der Waals surface area contributed by atoms with Gasteiger partial charge in [0, 0.05) is 34.2 Å². The highest BCUT2D eigenvalue weighted by Crippen LogP contribution is 2.60. The molecular weight excluding hydrogens is 755 g/mol. The Balaban J connectivity index is 1.07. The number of fused-ring (bicyclic) bond motifs is 3. The van der Waals surface area contributed by atoms with Crippen molar-refractivity contribution >= 4 is 46.8 Å². The van der Waals surface area contributed by atoms with Crippen molar-refractivity contribution < 1.29 is 18.7 Å². The monoisotopic (exact) mass is 794 g/mol. The van der Waals surface area contributed by atoms with Crippen LogP contribution >= 0.6 is 15.9 Å². The first-order valence-corrected chi connectivity index (χ1v) is 21.6. The lowest BCUT2D eigenvalue weighted by Crippen LogP contribution is -2.45. The molecule has 2 aliphatic rings. The number of halogens is 2. The molecule has 2 aliphatic heterocycles. The van der Waals surface area contributed by atoms with Crippen LogP contribution in [0.5, 0.6) is 0 Å². The van der Waals surface area contributed by atoms with Crippen molar-refractivity contribution in [3.05, 3.63) is 140 Å². The number of para-hydroxylation sites is 1. The average molecular weight is 796 g/mol. The van der Waals surface area contributed by atoms with Gasteiger partial charge in [-0.2, -0.15) is 0 Å². The summed E-state index contributed by atoms with van der Waals surface area (Å²) < 4.78 is 27.4. The second-order valence-electron chi connectivity index (χ2n) is 14.6. The van der Waals surface area contributed by atoms with Crippen molar-refractivity contribution in [1.82, 2.24) is 24.8 Å². The van der Waals surface area contributed by atoms with Gasteiger partial charge in [-0.25, -0.2) is 4.68 Å². The first-order valence-electron chi connectivity index (χ1n) is 17.8. The SMILES string of the molecule is C[C@H]1[C@H]([Si](C)(C)F)[C@@H](CCn2cc(C(CO)c3ccccc3)nn2)O[C@]12C(=O)N(Cc1ccc(-n3[nH]c4ccccc4c3=O)cc1)c1ccc(Br)cc12. The molecule has 2 aromatic heterocycles. The number of benzene rings is 4. The van der Waals surface area contributed by atoms with Gasteiger partial charge in [-0.05, 0) is 73.1 Å². The number of H-pyrrole nitrogens is 1. The van der Waals surface area contributed by atoms with Gasteiger partial charge in [0.1, 0.15) is 0 Å². The van der Waals surface area contributed by atoms with Crippen LogP contribution in [0.1, 0.15) is 41.6 Å². The summed E-state index contributed by atoms with van der Waals surface area (Å²) in [6.07, 6.45) is 1.71. The van der Waals surface area contributed by atoms with Gasteiger partial charge < -0.3 is 18.9 Å². The second kappa shape index (κ2) is 13.6. The third-order valence-electron chi connectivity index (χ3n) is 11.0. The smallest absolute Gasteiger partial charge is 0.279 e. The molecule has 1 spiro atoms. The molecule has 0 bridgehead atoms. The zero-order valence-corrected chi connectivity index (χ0v) is 32.2. The molecule has 13 heteroatoms. The second-order valence-corrected chi connectivity index (χ2v) is 19.3. The van der Waals surface area contributed by atoms with E-state index in [4.69, 9.17) is 4.74 Å². The number of aromatic amines is 1. The number of hydrogen-bond donors (Lipinski definition) is 2. The number of ether oxygens (including phenoxy) is 1. The summed E-state index contributed by atoms with van der Waals surface area (Å²) in [6.45, 7) is 5.92. The van der Waals surface area contributed by atoms with Gasteiger partial charge >= 0.3 is 0 Å². The van der Waals surface area contributed by atoms with E-state index >= 15 is 4.11 Å². The maximum atomic E-state index is 16.4. The minimum Gasteiger partial charge on any atom is -0.395 e. The van der Waals surface area contributed by atoms with Crippen molar-refractivity contribution in [3.8, 4) is 5.69 Å². The summed E-state index contributed by atoms with van der Waals surface area (Å²) in [7, 11) is -3.38. The molecule has 0 aliphatic carbocycles. The molecule has 1 amide bonds. The predicted octanol–water partition coefficient (Wildman–Crippen LogP) is 7.21. The Hall–Kier alpha value is -4.69. The molecule has 2 N–H and O–H groups in total. The van der Waals surface area contributed by atoms with Gasteiger partial charge in [0.05, 0.1) is 53.1 Å². The van der Waals surface area contributed by atoms with Crippen LogP contribution < -0.4 is 10.5 Å². The quantitative estimate of drug-likeness (QED) is 0.112. The maximum absolute atomic E-state index is 16.4. The summed E-state index contributed by atoms with van der Waals surface area (Å²) in [5.74, 6) is -0.966. The molecule has 8 rings (SSSR count). The lowest BCUT2D eigenvalue weighted by atomic mass is 9.82. The highest BCUT2D eigenvalue weighted by molar-refractivity contribution is 9.10. The highest BCUT2D eigenvalue weighted by atomic mass is 79.9. The maximum Gasteiger partial charge on any atom is 0.279 e. The number of hydrogen-bond acceptors (Lipinski definition) is 6. The Kier molecular flexibility index (Phi) is 9.08. The number of aryl methyl sites for hydroxylation is 1. The molecule has 4 heterocycles. The third kappa shape index (κ3) is 6.09. The number of anilines is 1. The van der Waals surface area contributed by atoms with Gasteiger partial charge in [-0.3, -0.25) is 19.4 Å². The minimum atomic E-state index is -3.38. The Morgan fingerprint density at radius 1 is 1.02 bits per heavy atom. The lowest BCUT2D eigenvalue weighted by Gasteiger charge is -2.31. The van der Waals surface area contributed by atoms with Crippen molar-refractivity contribution in [2.24, 2.45) is 5.92 Å². The molecule has 5 atom stereocenters. The van der Waals surface area contributed by atoms with Gasteiger partial charge in [0.2, 0.25) is 8.41 Å². The minimum absolute atomic E-state index is 0.111. The number of carbonyl (C=O) groups is 1. The molecule has 0 radical (unpaired) electrons. The Labute approximate surface area is 315 Å². The first-order chi connectivity index (χ1) is 25.5. The fourth-order valence-electron chi connectivity index (χ4n) is 8.52. The van der Waals surface area contributed by atoms with E-state index in [1.165, 1.54) is 4.68 Å². The predicted molar refractivity (Wildman–Crippen MR) is 207 cm³/mol. The Morgan fingerprint density at radius 3 is 2.47 bits per heavy atom. The van der Waals surface area contributed by atoms with E-state index in [-0.39, 0.29) is 30.5 Å². The number of amides is 1. The van der Waals surface area contributed by atoms with Crippen LogP contribution in [0.25, 0.3) is 16.6 Å². The molecule has 4 aromatic carbocycles.